The van der Waals surface area contributed by atoms with Crippen molar-refractivity contribution in [3.05, 3.63) is 60.4 Å². The number of methoxy groups -OCH3 is 2. The van der Waals surface area contributed by atoms with Crippen LogP contribution in [-0.2, 0) is 0 Å². The van der Waals surface area contributed by atoms with Crippen LogP contribution in [0.2, 0.25) is 0 Å². The van der Waals surface area contributed by atoms with E-state index in [0.29, 0.717) is 28.8 Å². The molecule has 1 amide bonds. The molecule has 0 unspecified atom stereocenters. The molecule has 1 aliphatic rings. The van der Waals surface area contributed by atoms with Crippen molar-refractivity contribution >= 4 is 17.4 Å². The van der Waals surface area contributed by atoms with E-state index < -0.39 is 0 Å². The number of anilines is 2. The average Bonchev–Trinajstić information content (AvgIpc) is 2.85. The topological polar surface area (TPSA) is 85.4 Å². The van der Waals surface area contributed by atoms with E-state index in [1.165, 1.54) is 32.1 Å². The third-order valence-corrected chi connectivity index (χ3v) is 5.72. The number of hydrogen-bond donors (Lipinski definition) is 2. The minimum Gasteiger partial charge on any atom is -0.497 e. The third-order valence-electron chi connectivity index (χ3n) is 5.72. The van der Waals surface area contributed by atoms with Gasteiger partial charge in [0.2, 0.25) is 0 Å². The van der Waals surface area contributed by atoms with Crippen molar-refractivity contribution in [2.75, 3.05) is 24.9 Å². The van der Waals surface area contributed by atoms with Gasteiger partial charge in [-0.15, -0.1) is 0 Å². The smallest absolute Gasteiger partial charge is 0.255 e. The van der Waals surface area contributed by atoms with Crippen LogP contribution in [0.4, 0.5) is 11.5 Å². The van der Waals surface area contributed by atoms with Gasteiger partial charge in [0, 0.05) is 29.3 Å². The molecular formula is C25H28N4O3. The fourth-order valence-electron chi connectivity index (χ4n) is 3.94. The van der Waals surface area contributed by atoms with Crippen LogP contribution in [0.5, 0.6) is 11.5 Å². The van der Waals surface area contributed by atoms with Crippen molar-refractivity contribution in [1.29, 1.82) is 0 Å². The van der Waals surface area contributed by atoms with Gasteiger partial charge in [-0.05, 0) is 37.1 Å². The first kappa shape index (κ1) is 21.6. The Morgan fingerprint density at radius 1 is 0.938 bits per heavy atom. The number of rotatable bonds is 7. The molecule has 0 radical (unpaired) electrons. The highest BCUT2D eigenvalue weighted by atomic mass is 16.5. The number of amides is 1. The lowest BCUT2D eigenvalue weighted by Crippen LogP contribution is -2.22. The molecule has 7 heteroatoms. The lowest BCUT2D eigenvalue weighted by atomic mass is 9.95. The van der Waals surface area contributed by atoms with E-state index in [4.69, 9.17) is 9.47 Å². The highest BCUT2D eigenvalue weighted by molar-refractivity contribution is 6.05. The van der Waals surface area contributed by atoms with E-state index in [2.05, 4.69) is 20.6 Å². The normalized spacial score (nSPS) is 13.9. The summed E-state index contributed by atoms with van der Waals surface area (Å²) in [5.41, 5.74) is 2.87. The lowest BCUT2D eigenvalue weighted by molar-refractivity contribution is 0.102. The zero-order valence-electron chi connectivity index (χ0n) is 18.4. The second-order valence-electron chi connectivity index (χ2n) is 7.87. The lowest BCUT2D eigenvalue weighted by Gasteiger charge is -2.23. The molecule has 1 aliphatic carbocycles. The summed E-state index contributed by atoms with van der Waals surface area (Å²) in [7, 11) is 3.14. The summed E-state index contributed by atoms with van der Waals surface area (Å²) in [5.74, 6) is 1.82. The average molecular weight is 433 g/mol. The van der Waals surface area contributed by atoms with Crippen molar-refractivity contribution in [3.8, 4) is 22.8 Å². The molecule has 1 heterocycles. The Balaban J connectivity index is 1.45. The highest BCUT2D eigenvalue weighted by Crippen LogP contribution is 2.29. The Morgan fingerprint density at radius 2 is 1.72 bits per heavy atom. The van der Waals surface area contributed by atoms with Gasteiger partial charge in [0.1, 0.15) is 23.6 Å². The molecule has 3 aromatic rings. The first-order valence-electron chi connectivity index (χ1n) is 10.9. The molecule has 2 N–H and O–H groups in total. The molecule has 0 bridgehead atoms. The first-order chi connectivity index (χ1) is 15.7. The molecular weight excluding hydrogens is 404 g/mol. The van der Waals surface area contributed by atoms with E-state index in [1.807, 2.05) is 18.2 Å². The standard InChI is InChI=1S/C25H28N4O3/c1-31-20-12-13-21(23(14-20)32-2)29-25(30)18-10-8-17(9-11-18)22-15-24(27-16-26-22)28-19-6-4-3-5-7-19/h8-16,19H,3-7H2,1-2H3,(H,29,30)(H,26,27,28). The number of ether oxygens (including phenoxy) is 2. The van der Waals surface area contributed by atoms with Gasteiger partial charge >= 0.3 is 0 Å². The van der Waals surface area contributed by atoms with E-state index in [0.717, 1.165) is 17.1 Å². The summed E-state index contributed by atoms with van der Waals surface area (Å²) in [6, 6.07) is 15.1. The maximum Gasteiger partial charge on any atom is 0.255 e. The fourth-order valence-corrected chi connectivity index (χ4v) is 3.94. The van der Waals surface area contributed by atoms with Crippen LogP contribution in [-0.4, -0.2) is 36.1 Å². The van der Waals surface area contributed by atoms with E-state index >= 15 is 0 Å². The predicted octanol–water partition coefficient (Wildman–Crippen LogP) is 5.16. The van der Waals surface area contributed by atoms with Crippen molar-refractivity contribution in [2.45, 2.75) is 38.1 Å². The Bertz CT molecular complexity index is 1060. The Hall–Kier alpha value is -3.61. The zero-order valence-corrected chi connectivity index (χ0v) is 18.4. The summed E-state index contributed by atoms with van der Waals surface area (Å²) in [6.07, 6.45) is 7.79. The number of nitrogens with zero attached hydrogens (tertiary/aromatic N) is 2. The summed E-state index contributed by atoms with van der Waals surface area (Å²) in [4.78, 5) is 21.5. The number of carbonyl (C=O) groups excluding carboxylic acids is 1. The molecule has 0 aliphatic heterocycles. The molecule has 4 rings (SSSR count). The van der Waals surface area contributed by atoms with Gasteiger partial charge in [0.15, 0.2) is 0 Å². The third kappa shape index (κ3) is 5.17. The molecule has 1 saturated carbocycles. The van der Waals surface area contributed by atoms with Gasteiger partial charge in [0.25, 0.3) is 5.91 Å². The molecule has 0 saturated heterocycles. The number of carbonyl (C=O) groups is 1. The quantitative estimate of drug-likeness (QED) is 0.537. The minimum atomic E-state index is -0.220. The maximum atomic E-state index is 12.7. The van der Waals surface area contributed by atoms with Crippen molar-refractivity contribution < 1.29 is 14.3 Å². The fraction of sp³-hybridized carbons (Fsp3) is 0.320. The SMILES string of the molecule is COc1ccc(NC(=O)c2ccc(-c3cc(NC4CCCCC4)ncn3)cc2)c(OC)c1. The first-order valence-corrected chi connectivity index (χ1v) is 10.9. The van der Waals surface area contributed by atoms with Gasteiger partial charge in [-0.25, -0.2) is 9.97 Å². The van der Waals surface area contributed by atoms with Gasteiger partial charge in [-0.1, -0.05) is 31.4 Å². The molecule has 7 nitrogen and oxygen atoms in total. The Labute approximate surface area is 188 Å². The molecule has 0 spiro atoms. The Morgan fingerprint density at radius 3 is 2.44 bits per heavy atom. The van der Waals surface area contributed by atoms with Crippen molar-refractivity contribution in [3.63, 3.8) is 0 Å². The van der Waals surface area contributed by atoms with E-state index in [-0.39, 0.29) is 5.91 Å². The monoisotopic (exact) mass is 432 g/mol. The summed E-state index contributed by atoms with van der Waals surface area (Å²) in [6.45, 7) is 0. The summed E-state index contributed by atoms with van der Waals surface area (Å²) >= 11 is 0. The van der Waals surface area contributed by atoms with Crippen molar-refractivity contribution in [1.82, 2.24) is 9.97 Å². The van der Waals surface area contributed by atoms with Crippen LogP contribution in [0, 0.1) is 0 Å². The van der Waals surface area contributed by atoms with Crippen LogP contribution < -0.4 is 20.1 Å². The summed E-state index contributed by atoms with van der Waals surface area (Å²) < 4.78 is 10.6. The molecule has 32 heavy (non-hydrogen) atoms. The van der Waals surface area contributed by atoms with Crippen molar-refractivity contribution in [2.24, 2.45) is 0 Å². The van der Waals surface area contributed by atoms with Gasteiger partial charge < -0.3 is 20.1 Å². The van der Waals surface area contributed by atoms with Crippen LogP contribution in [0.1, 0.15) is 42.5 Å². The van der Waals surface area contributed by atoms with Crippen LogP contribution >= 0.6 is 0 Å². The summed E-state index contributed by atoms with van der Waals surface area (Å²) in [5, 5.41) is 6.42. The highest BCUT2D eigenvalue weighted by Gasteiger charge is 2.15. The van der Waals surface area contributed by atoms with Crippen LogP contribution in [0.25, 0.3) is 11.3 Å². The number of benzene rings is 2. The van der Waals surface area contributed by atoms with E-state index in [9.17, 15) is 4.79 Å². The number of hydrogen-bond acceptors (Lipinski definition) is 6. The molecule has 2 aromatic carbocycles. The maximum absolute atomic E-state index is 12.7. The molecule has 1 aromatic heterocycles. The predicted molar refractivity (Wildman–Crippen MR) is 125 cm³/mol. The van der Waals surface area contributed by atoms with Crippen LogP contribution in [0.3, 0.4) is 0 Å². The molecule has 0 atom stereocenters. The zero-order chi connectivity index (χ0) is 22.3. The van der Waals surface area contributed by atoms with Crippen LogP contribution in [0.15, 0.2) is 54.9 Å². The minimum absolute atomic E-state index is 0.220. The second kappa shape index (κ2) is 10.1. The number of nitrogens with one attached hydrogen (secondary N) is 2. The van der Waals surface area contributed by atoms with Gasteiger partial charge in [-0.2, -0.15) is 0 Å². The molecule has 1 fully saturated rings. The largest absolute Gasteiger partial charge is 0.497 e. The van der Waals surface area contributed by atoms with E-state index in [1.54, 1.807) is 50.9 Å². The van der Waals surface area contributed by atoms with Gasteiger partial charge in [-0.3, -0.25) is 4.79 Å². The Kier molecular flexibility index (Phi) is 6.84. The number of aromatic nitrogens is 2. The van der Waals surface area contributed by atoms with Gasteiger partial charge in [0.05, 0.1) is 25.6 Å². The molecule has 166 valence electrons. The second-order valence-corrected chi connectivity index (χ2v) is 7.87.